The Morgan fingerprint density at radius 2 is 2.03 bits per heavy atom. The number of amides is 1. The number of hydrogen-bond donors (Lipinski definition) is 2. The lowest BCUT2D eigenvalue weighted by molar-refractivity contribution is -0.162. The van der Waals surface area contributed by atoms with Gasteiger partial charge in [-0.05, 0) is 74.8 Å². The summed E-state index contributed by atoms with van der Waals surface area (Å²) in [6.07, 6.45) is 7.20. The number of aromatic nitrogens is 1. The maximum absolute atomic E-state index is 12.3. The zero-order chi connectivity index (χ0) is 24.6. The first-order chi connectivity index (χ1) is 17.1. The fourth-order valence-corrected chi connectivity index (χ4v) is 4.36. The van der Waals surface area contributed by atoms with Crippen molar-refractivity contribution < 1.29 is 19.0 Å². The fraction of sp³-hybridized carbons (Fsp3) is 0.429. The van der Waals surface area contributed by atoms with Crippen LogP contribution in [0.1, 0.15) is 61.0 Å². The van der Waals surface area contributed by atoms with E-state index in [1.807, 2.05) is 25.1 Å². The third kappa shape index (κ3) is 6.29. The molecule has 1 atom stereocenters. The summed E-state index contributed by atoms with van der Waals surface area (Å²) in [6, 6.07) is 12.2. The Morgan fingerprint density at radius 1 is 1.20 bits per heavy atom. The average Bonchev–Trinajstić information content (AvgIpc) is 2.88. The number of carbonyl (C=O) groups is 1. The highest BCUT2D eigenvalue weighted by atomic mass is 16.7. The summed E-state index contributed by atoms with van der Waals surface area (Å²) in [5.41, 5.74) is 10.6. The monoisotopic (exact) mass is 477 g/mol. The van der Waals surface area contributed by atoms with E-state index in [2.05, 4.69) is 35.4 Å². The van der Waals surface area contributed by atoms with Crippen molar-refractivity contribution in [3.05, 3.63) is 59.3 Å². The summed E-state index contributed by atoms with van der Waals surface area (Å²) in [5, 5.41) is 4.24. The van der Waals surface area contributed by atoms with E-state index in [1.54, 1.807) is 0 Å². The molecule has 7 nitrogen and oxygen atoms in total. The molecular formula is C28H35N3O4. The van der Waals surface area contributed by atoms with Crippen LogP contribution in [0.5, 0.6) is 5.75 Å². The van der Waals surface area contributed by atoms with E-state index in [9.17, 15) is 4.79 Å². The lowest BCUT2D eigenvalue weighted by Gasteiger charge is -2.22. The highest BCUT2D eigenvalue weighted by Crippen LogP contribution is 2.34. The van der Waals surface area contributed by atoms with Crippen LogP contribution in [0.2, 0.25) is 0 Å². The van der Waals surface area contributed by atoms with E-state index in [4.69, 9.17) is 19.9 Å². The second-order valence-corrected chi connectivity index (χ2v) is 8.77. The highest BCUT2D eigenvalue weighted by molar-refractivity contribution is 6.07. The minimum absolute atomic E-state index is 0.0936. The summed E-state index contributed by atoms with van der Waals surface area (Å²) in [7, 11) is 0. The van der Waals surface area contributed by atoms with Crippen molar-refractivity contribution >= 4 is 28.2 Å². The standard InChI is InChI=1S/C28H35N3O4/c1-3-19-10-12-21(13-11-19)31-27-22-16-20(8-7-15-35-26-9-5-6-14-34-26)25(33-4-2)17-24(22)30-18-23(27)28(29)32/h10-13,16-18,26H,3-9,14-15H2,1-2H3,(H2,29,32)(H,30,31). The topological polar surface area (TPSA) is 95.7 Å². The summed E-state index contributed by atoms with van der Waals surface area (Å²) in [6.45, 7) is 6.03. The predicted molar refractivity (Wildman–Crippen MR) is 138 cm³/mol. The molecule has 1 aromatic heterocycles. The molecule has 7 heteroatoms. The third-order valence-corrected chi connectivity index (χ3v) is 6.28. The number of fused-ring (bicyclic) bond motifs is 1. The van der Waals surface area contributed by atoms with Gasteiger partial charge < -0.3 is 25.3 Å². The Hall–Kier alpha value is -3.16. The van der Waals surface area contributed by atoms with Crippen molar-refractivity contribution in [1.29, 1.82) is 0 Å². The molecule has 35 heavy (non-hydrogen) atoms. The van der Waals surface area contributed by atoms with Crippen LogP contribution in [-0.2, 0) is 22.3 Å². The Bertz CT molecular complexity index is 1140. The number of pyridine rings is 1. The number of nitrogens with zero attached hydrogens (tertiary/aromatic N) is 1. The molecule has 2 aromatic carbocycles. The number of nitrogens with one attached hydrogen (secondary N) is 1. The Morgan fingerprint density at radius 3 is 2.71 bits per heavy atom. The maximum Gasteiger partial charge on any atom is 0.252 e. The lowest BCUT2D eigenvalue weighted by atomic mass is 10.0. The third-order valence-electron chi connectivity index (χ3n) is 6.28. The van der Waals surface area contributed by atoms with Gasteiger partial charge in [-0.2, -0.15) is 0 Å². The van der Waals surface area contributed by atoms with Crippen LogP contribution in [0.15, 0.2) is 42.6 Å². The van der Waals surface area contributed by atoms with Crippen LogP contribution in [0.4, 0.5) is 11.4 Å². The van der Waals surface area contributed by atoms with E-state index in [0.717, 1.165) is 73.0 Å². The van der Waals surface area contributed by atoms with Gasteiger partial charge in [0.2, 0.25) is 0 Å². The molecule has 1 fully saturated rings. The van der Waals surface area contributed by atoms with Crippen molar-refractivity contribution in [1.82, 2.24) is 4.98 Å². The summed E-state index contributed by atoms with van der Waals surface area (Å²) in [5.74, 6) is 0.273. The number of rotatable bonds is 11. The van der Waals surface area contributed by atoms with Gasteiger partial charge in [-0.3, -0.25) is 9.78 Å². The highest BCUT2D eigenvalue weighted by Gasteiger charge is 2.18. The van der Waals surface area contributed by atoms with Gasteiger partial charge in [-0.15, -0.1) is 0 Å². The molecule has 1 aliphatic rings. The minimum Gasteiger partial charge on any atom is -0.494 e. The average molecular weight is 478 g/mol. The maximum atomic E-state index is 12.3. The largest absolute Gasteiger partial charge is 0.494 e. The normalized spacial score (nSPS) is 15.8. The molecule has 1 aliphatic heterocycles. The van der Waals surface area contributed by atoms with E-state index in [1.165, 1.54) is 11.8 Å². The molecule has 1 unspecified atom stereocenters. The number of benzene rings is 2. The summed E-state index contributed by atoms with van der Waals surface area (Å²) >= 11 is 0. The van der Waals surface area contributed by atoms with Gasteiger partial charge in [0.1, 0.15) is 5.75 Å². The predicted octanol–water partition coefficient (Wildman–Crippen LogP) is 5.51. The van der Waals surface area contributed by atoms with Crippen LogP contribution >= 0.6 is 0 Å². The van der Waals surface area contributed by atoms with Crippen LogP contribution in [0, 0.1) is 0 Å². The lowest BCUT2D eigenvalue weighted by Crippen LogP contribution is -2.22. The van der Waals surface area contributed by atoms with Crippen LogP contribution < -0.4 is 15.8 Å². The van der Waals surface area contributed by atoms with Gasteiger partial charge >= 0.3 is 0 Å². The zero-order valence-corrected chi connectivity index (χ0v) is 20.6. The van der Waals surface area contributed by atoms with E-state index >= 15 is 0 Å². The number of anilines is 2. The van der Waals surface area contributed by atoms with Crippen molar-refractivity contribution in [2.75, 3.05) is 25.1 Å². The second kappa shape index (κ2) is 12.0. The van der Waals surface area contributed by atoms with Crippen molar-refractivity contribution in [2.24, 2.45) is 5.73 Å². The van der Waals surface area contributed by atoms with Crippen LogP contribution in [-0.4, -0.2) is 37.0 Å². The van der Waals surface area contributed by atoms with Crippen LogP contribution in [0.25, 0.3) is 10.9 Å². The molecule has 0 aliphatic carbocycles. The van der Waals surface area contributed by atoms with E-state index in [0.29, 0.717) is 24.5 Å². The molecule has 1 amide bonds. The van der Waals surface area contributed by atoms with Gasteiger partial charge in [0, 0.05) is 29.9 Å². The van der Waals surface area contributed by atoms with Crippen molar-refractivity contribution in [3.8, 4) is 5.75 Å². The molecule has 0 radical (unpaired) electrons. The van der Waals surface area contributed by atoms with E-state index in [-0.39, 0.29) is 6.29 Å². The zero-order valence-electron chi connectivity index (χ0n) is 20.6. The summed E-state index contributed by atoms with van der Waals surface area (Å²) < 4.78 is 17.5. The first-order valence-corrected chi connectivity index (χ1v) is 12.6. The fourth-order valence-electron chi connectivity index (χ4n) is 4.36. The quantitative estimate of drug-likeness (QED) is 0.353. The van der Waals surface area contributed by atoms with Crippen molar-refractivity contribution in [2.45, 2.75) is 58.7 Å². The molecule has 186 valence electrons. The van der Waals surface area contributed by atoms with Gasteiger partial charge in [-0.25, -0.2) is 0 Å². The molecule has 2 heterocycles. The van der Waals surface area contributed by atoms with Gasteiger partial charge in [0.25, 0.3) is 5.91 Å². The van der Waals surface area contributed by atoms with Crippen molar-refractivity contribution in [3.63, 3.8) is 0 Å². The summed E-state index contributed by atoms with van der Waals surface area (Å²) in [4.78, 5) is 16.8. The molecule has 0 bridgehead atoms. The SMILES string of the molecule is CCOc1cc2ncc(C(N)=O)c(Nc3ccc(CC)cc3)c2cc1CCCOC1CCCCO1. The molecule has 0 spiro atoms. The molecule has 1 saturated heterocycles. The number of ether oxygens (including phenoxy) is 3. The Labute approximate surface area is 207 Å². The molecule has 3 N–H and O–H groups in total. The Balaban J connectivity index is 1.62. The number of carbonyl (C=O) groups excluding carboxylic acids is 1. The van der Waals surface area contributed by atoms with Gasteiger partial charge in [0.05, 0.1) is 30.0 Å². The molecule has 3 aromatic rings. The molecule has 4 rings (SSSR count). The second-order valence-electron chi connectivity index (χ2n) is 8.77. The van der Waals surface area contributed by atoms with Gasteiger partial charge in [0.15, 0.2) is 6.29 Å². The van der Waals surface area contributed by atoms with E-state index < -0.39 is 5.91 Å². The number of hydrogen-bond acceptors (Lipinski definition) is 6. The number of primary amides is 1. The first-order valence-electron chi connectivity index (χ1n) is 12.6. The molecular weight excluding hydrogens is 442 g/mol. The molecule has 0 saturated carbocycles. The minimum atomic E-state index is -0.525. The van der Waals surface area contributed by atoms with Gasteiger partial charge in [-0.1, -0.05) is 19.1 Å². The number of nitrogens with two attached hydrogens (primary N) is 1. The smallest absolute Gasteiger partial charge is 0.252 e. The first kappa shape index (κ1) is 24.9. The van der Waals surface area contributed by atoms with Crippen LogP contribution in [0.3, 0.4) is 0 Å². The Kier molecular flexibility index (Phi) is 8.55. The number of aryl methyl sites for hydroxylation is 2.